The van der Waals surface area contributed by atoms with Crippen LogP contribution in [0, 0.1) is 13.8 Å². The standard InChI is InChI=1S/C17H29N5S/c1-13-16(14(2)20(3)19-13)12-21-8-10-22(11-9-21)17(23)18-15-6-4-5-7-15/h15H,4-12H2,1-3H3,(H,18,23). The Morgan fingerprint density at radius 3 is 2.39 bits per heavy atom. The van der Waals surface area contributed by atoms with Crippen LogP contribution in [0.4, 0.5) is 0 Å². The van der Waals surface area contributed by atoms with Gasteiger partial charge < -0.3 is 10.2 Å². The van der Waals surface area contributed by atoms with Crippen LogP contribution in [0.2, 0.25) is 0 Å². The fourth-order valence-electron chi connectivity index (χ4n) is 3.72. The van der Waals surface area contributed by atoms with Gasteiger partial charge in [0.2, 0.25) is 0 Å². The number of piperazine rings is 1. The van der Waals surface area contributed by atoms with Crippen LogP contribution in [-0.4, -0.2) is 56.9 Å². The summed E-state index contributed by atoms with van der Waals surface area (Å²) in [5, 5.41) is 9.05. The molecule has 2 fully saturated rings. The van der Waals surface area contributed by atoms with Crippen molar-refractivity contribution in [2.24, 2.45) is 7.05 Å². The molecule has 1 aliphatic heterocycles. The fourth-order valence-corrected chi connectivity index (χ4v) is 4.06. The van der Waals surface area contributed by atoms with Gasteiger partial charge in [0.15, 0.2) is 5.11 Å². The van der Waals surface area contributed by atoms with E-state index in [1.54, 1.807) is 0 Å². The Hall–Kier alpha value is -1.14. The Morgan fingerprint density at radius 1 is 1.17 bits per heavy atom. The topological polar surface area (TPSA) is 36.3 Å². The van der Waals surface area contributed by atoms with Gasteiger partial charge >= 0.3 is 0 Å². The van der Waals surface area contributed by atoms with E-state index in [9.17, 15) is 0 Å². The molecule has 0 spiro atoms. The lowest BCUT2D eigenvalue weighted by atomic mass is 10.1. The van der Waals surface area contributed by atoms with Crippen molar-refractivity contribution in [3.8, 4) is 0 Å². The zero-order chi connectivity index (χ0) is 16.4. The van der Waals surface area contributed by atoms with Gasteiger partial charge in [-0.25, -0.2) is 0 Å². The molecule has 6 heteroatoms. The molecular weight excluding hydrogens is 306 g/mol. The molecule has 5 nitrogen and oxygen atoms in total. The fraction of sp³-hybridized carbons (Fsp3) is 0.765. The maximum Gasteiger partial charge on any atom is 0.169 e. The van der Waals surface area contributed by atoms with Gasteiger partial charge in [-0.1, -0.05) is 12.8 Å². The van der Waals surface area contributed by atoms with E-state index in [1.807, 2.05) is 11.7 Å². The molecule has 0 amide bonds. The first-order chi connectivity index (χ1) is 11.0. The largest absolute Gasteiger partial charge is 0.360 e. The van der Waals surface area contributed by atoms with Crippen molar-refractivity contribution in [3.63, 3.8) is 0 Å². The Kier molecular flexibility index (Phi) is 5.21. The molecule has 0 radical (unpaired) electrons. The van der Waals surface area contributed by atoms with Crippen molar-refractivity contribution in [1.29, 1.82) is 0 Å². The second-order valence-electron chi connectivity index (χ2n) is 6.97. The number of hydrogen-bond donors (Lipinski definition) is 1. The lowest BCUT2D eigenvalue weighted by Gasteiger charge is -2.37. The smallest absolute Gasteiger partial charge is 0.169 e. The summed E-state index contributed by atoms with van der Waals surface area (Å²) in [5.74, 6) is 0. The minimum absolute atomic E-state index is 0.612. The monoisotopic (exact) mass is 335 g/mol. The lowest BCUT2D eigenvalue weighted by molar-refractivity contribution is 0.173. The van der Waals surface area contributed by atoms with Crippen LogP contribution in [0.25, 0.3) is 0 Å². The molecule has 1 N–H and O–H groups in total. The quantitative estimate of drug-likeness (QED) is 0.855. The Balaban J connectivity index is 1.49. The molecule has 2 aliphatic rings. The van der Waals surface area contributed by atoms with Crippen molar-refractivity contribution in [3.05, 3.63) is 17.0 Å². The average molecular weight is 336 g/mol. The Labute approximate surface area is 145 Å². The zero-order valence-electron chi connectivity index (χ0n) is 14.6. The predicted molar refractivity (Wildman–Crippen MR) is 97.5 cm³/mol. The van der Waals surface area contributed by atoms with E-state index in [0.29, 0.717) is 6.04 Å². The molecule has 1 aromatic rings. The number of nitrogens with one attached hydrogen (secondary N) is 1. The van der Waals surface area contributed by atoms with E-state index in [-0.39, 0.29) is 0 Å². The molecule has 0 aromatic carbocycles. The highest BCUT2D eigenvalue weighted by Gasteiger charge is 2.23. The van der Waals surface area contributed by atoms with Gasteiger partial charge in [-0.3, -0.25) is 9.58 Å². The van der Waals surface area contributed by atoms with Crippen LogP contribution >= 0.6 is 12.2 Å². The van der Waals surface area contributed by atoms with E-state index in [0.717, 1.165) is 43.5 Å². The predicted octanol–water partition coefficient (Wildman–Crippen LogP) is 1.97. The highest BCUT2D eigenvalue weighted by molar-refractivity contribution is 7.80. The molecular formula is C17H29N5S. The summed E-state index contributed by atoms with van der Waals surface area (Å²) in [4.78, 5) is 4.86. The first kappa shape index (κ1) is 16.7. The first-order valence-corrected chi connectivity index (χ1v) is 9.22. The average Bonchev–Trinajstić information content (AvgIpc) is 3.12. The summed E-state index contributed by atoms with van der Waals surface area (Å²) in [6, 6.07) is 0.612. The van der Waals surface area contributed by atoms with Gasteiger partial charge in [0.1, 0.15) is 0 Å². The summed E-state index contributed by atoms with van der Waals surface area (Å²) in [7, 11) is 2.02. The number of aryl methyl sites for hydroxylation is 2. The van der Waals surface area contributed by atoms with E-state index >= 15 is 0 Å². The number of rotatable bonds is 3. The lowest BCUT2D eigenvalue weighted by Crippen LogP contribution is -2.52. The van der Waals surface area contributed by atoms with Crippen LogP contribution in [0.3, 0.4) is 0 Å². The molecule has 0 atom stereocenters. The summed E-state index contributed by atoms with van der Waals surface area (Å²) in [5.41, 5.74) is 3.82. The number of aromatic nitrogens is 2. The third kappa shape index (κ3) is 3.86. The second kappa shape index (κ2) is 7.18. The molecule has 0 bridgehead atoms. The van der Waals surface area contributed by atoms with Crippen molar-refractivity contribution in [2.75, 3.05) is 26.2 Å². The van der Waals surface area contributed by atoms with Crippen molar-refractivity contribution in [2.45, 2.75) is 52.1 Å². The summed E-state index contributed by atoms with van der Waals surface area (Å²) < 4.78 is 1.99. The van der Waals surface area contributed by atoms with Crippen LogP contribution in [-0.2, 0) is 13.6 Å². The van der Waals surface area contributed by atoms with E-state index in [4.69, 9.17) is 12.2 Å². The molecule has 128 valence electrons. The minimum atomic E-state index is 0.612. The Morgan fingerprint density at radius 2 is 1.83 bits per heavy atom. The zero-order valence-corrected chi connectivity index (χ0v) is 15.5. The SMILES string of the molecule is Cc1nn(C)c(C)c1CN1CCN(C(=S)NC2CCCC2)CC1. The Bertz CT molecular complexity index is 554. The highest BCUT2D eigenvalue weighted by atomic mass is 32.1. The van der Waals surface area contributed by atoms with Gasteiger partial charge in [-0.05, 0) is 38.9 Å². The molecule has 1 aromatic heterocycles. The van der Waals surface area contributed by atoms with Crippen LogP contribution in [0.5, 0.6) is 0 Å². The van der Waals surface area contributed by atoms with Crippen LogP contribution in [0.15, 0.2) is 0 Å². The van der Waals surface area contributed by atoms with Crippen molar-refractivity contribution in [1.82, 2.24) is 24.9 Å². The van der Waals surface area contributed by atoms with Gasteiger partial charge in [-0.15, -0.1) is 0 Å². The number of thiocarbonyl (C=S) groups is 1. The molecule has 3 rings (SSSR count). The summed E-state index contributed by atoms with van der Waals surface area (Å²) in [6.07, 6.45) is 5.25. The van der Waals surface area contributed by atoms with Crippen molar-refractivity contribution < 1.29 is 0 Å². The third-order valence-electron chi connectivity index (χ3n) is 5.38. The summed E-state index contributed by atoms with van der Waals surface area (Å²) >= 11 is 5.61. The molecule has 0 unspecified atom stereocenters. The van der Waals surface area contributed by atoms with Gasteiger partial charge in [-0.2, -0.15) is 5.10 Å². The van der Waals surface area contributed by atoms with Crippen LogP contribution < -0.4 is 5.32 Å². The van der Waals surface area contributed by atoms with E-state index < -0.39 is 0 Å². The van der Waals surface area contributed by atoms with Crippen molar-refractivity contribution >= 4 is 17.3 Å². The molecule has 1 saturated heterocycles. The third-order valence-corrected chi connectivity index (χ3v) is 5.76. The first-order valence-electron chi connectivity index (χ1n) is 8.81. The van der Waals surface area contributed by atoms with Gasteiger partial charge in [0.25, 0.3) is 0 Å². The van der Waals surface area contributed by atoms with Gasteiger partial charge in [0.05, 0.1) is 5.69 Å². The van der Waals surface area contributed by atoms with E-state index in [2.05, 4.69) is 34.1 Å². The van der Waals surface area contributed by atoms with E-state index in [1.165, 1.54) is 36.9 Å². The molecule has 23 heavy (non-hydrogen) atoms. The maximum absolute atomic E-state index is 5.61. The summed E-state index contributed by atoms with van der Waals surface area (Å²) in [6.45, 7) is 9.46. The molecule has 2 heterocycles. The van der Waals surface area contributed by atoms with Gasteiger partial charge in [0, 0.05) is 57.1 Å². The second-order valence-corrected chi connectivity index (χ2v) is 7.35. The molecule has 1 saturated carbocycles. The number of nitrogens with zero attached hydrogens (tertiary/aromatic N) is 4. The minimum Gasteiger partial charge on any atom is -0.360 e. The normalized spacial score (nSPS) is 20.2. The van der Waals surface area contributed by atoms with Crippen LogP contribution in [0.1, 0.15) is 42.6 Å². The maximum atomic E-state index is 5.61. The molecule has 1 aliphatic carbocycles. The number of hydrogen-bond acceptors (Lipinski definition) is 3. The highest BCUT2D eigenvalue weighted by Crippen LogP contribution is 2.19.